The van der Waals surface area contributed by atoms with Gasteiger partial charge in [-0.3, -0.25) is 19.9 Å². The van der Waals surface area contributed by atoms with E-state index in [0.29, 0.717) is 6.54 Å². The Labute approximate surface area is 107 Å². The van der Waals surface area contributed by atoms with Gasteiger partial charge in [-0.25, -0.2) is 4.79 Å². The Bertz CT molecular complexity index is 298. The monoisotopic (exact) mass is 258 g/mol. The number of amides is 3. The Hall–Kier alpha value is -1.18. The maximum Gasteiger partial charge on any atom is 0.318 e. The Morgan fingerprint density at radius 2 is 2.06 bits per heavy atom. The van der Waals surface area contributed by atoms with Crippen molar-refractivity contribution in [3.8, 4) is 0 Å². The van der Waals surface area contributed by atoms with Gasteiger partial charge in [0, 0.05) is 26.2 Å². The van der Waals surface area contributed by atoms with Gasteiger partial charge in [-0.1, -0.05) is 0 Å². The van der Waals surface area contributed by atoms with Crippen LogP contribution in [0.4, 0.5) is 4.79 Å². The van der Waals surface area contributed by atoms with Crippen molar-refractivity contribution in [3.63, 3.8) is 0 Å². The number of nitrogens with zero attached hydrogens (tertiary/aromatic N) is 2. The van der Waals surface area contributed by atoms with Crippen LogP contribution in [0.15, 0.2) is 0 Å². The van der Waals surface area contributed by atoms with Gasteiger partial charge in [-0.2, -0.15) is 0 Å². The molecular weight excluding hydrogens is 236 g/mol. The smallest absolute Gasteiger partial charge is 0.318 e. The van der Waals surface area contributed by atoms with Crippen LogP contribution in [-0.2, 0) is 4.79 Å². The molecule has 0 aromatic carbocycles. The van der Waals surface area contributed by atoms with E-state index >= 15 is 0 Å². The molecule has 1 rings (SSSR count). The number of rotatable bonds is 4. The van der Waals surface area contributed by atoms with Gasteiger partial charge < -0.3 is 10.8 Å². The first kappa shape index (κ1) is 14.9. The number of nitrogens with one attached hydrogen (secondary N) is 1. The minimum atomic E-state index is -0.816. The zero-order valence-corrected chi connectivity index (χ0v) is 10.8. The molecule has 1 fully saturated rings. The molecule has 0 spiro atoms. The molecule has 18 heavy (non-hydrogen) atoms. The molecule has 0 saturated carbocycles. The molecular formula is C11H22N4O3. The van der Waals surface area contributed by atoms with E-state index in [-0.39, 0.29) is 18.6 Å². The van der Waals surface area contributed by atoms with Crippen molar-refractivity contribution >= 4 is 11.9 Å². The average Bonchev–Trinajstić information content (AvgIpc) is 2.53. The second-order valence-corrected chi connectivity index (χ2v) is 4.48. The first-order valence-corrected chi connectivity index (χ1v) is 6.22. The highest BCUT2D eigenvalue weighted by Gasteiger charge is 2.24. The summed E-state index contributed by atoms with van der Waals surface area (Å²) in [5, 5.41) is 11.0. The number of urea groups is 1. The number of primary amides is 1. The highest BCUT2D eigenvalue weighted by atomic mass is 16.3. The van der Waals surface area contributed by atoms with E-state index in [1.54, 1.807) is 6.92 Å². The largest absolute Gasteiger partial charge is 0.395 e. The lowest BCUT2D eigenvalue weighted by Gasteiger charge is -2.26. The number of hydrogen-bond donors (Lipinski definition) is 3. The molecule has 0 bridgehead atoms. The third-order valence-corrected chi connectivity index (χ3v) is 3.21. The topological polar surface area (TPSA) is 98.9 Å². The standard InChI is InChI=1S/C11H22N4O3/c1-9(10(17)13-11(12)18)15-4-2-3-14(5-6-15)7-8-16/h9,16H,2-8H2,1H3,(H3,12,13,17,18). The minimum Gasteiger partial charge on any atom is -0.395 e. The van der Waals surface area contributed by atoms with E-state index in [1.165, 1.54) is 0 Å². The summed E-state index contributed by atoms with van der Waals surface area (Å²) in [5.74, 6) is -0.363. The molecule has 0 aliphatic carbocycles. The maximum atomic E-state index is 11.7. The van der Waals surface area contributed by atoms with E-state index in [2.05, 4.69) is 10.2 Å². The first-order chi connectivity index (χ1) is 8.54. The summed E-state index contributed by atoms with van der Waals surface area (Å²) in [7, 11) is 0. The molecule has 1 aliphatic heterocycles. The van der Waals surface area contributed by atoms with Gasteiger partial charge in [-0.05, 0) is 19.9 Å². The summed E-state index contributed by atoms with van der Waals surface area (Å²) in [4.78, 5) is 26.5. The maximum absolute atomic E-state index is 11.7. The van der Waals surface area contributed by atoms with Gasteiger partial charge >= 0.3 is 6.03 Å². The van der Waals surface area contributed by atoms with Crippen molar-refractivity contribution in [2.45, 2.75) is 19.4 Å². The molecule has 3 amide bonds. The number of carbonyl (C=O) groups excluding carboxylic acids is 2. The molecule has 104 valence electrons. The van der Waals surface area contributed by atoms with Crippen molar-refractivity contribution in [2.75, 3.05) is 39.3 Å². The number of hydrogen-bond acceptors (Lipinski definition) is 5. The third-order valence-electron chi connectivity index (χ3n) is 3.21. The van der Waals surface area contributed by atoms with E-state index < -0.39 is 6.03 Å². The molecule has 1 unspecified atom stereocenters. The fourth-order valence-corrected chi connectivity index (χ4v) is 2.13. The molecule has 7 heteroatoms. The van der Waals surface area contributed by atoms with E-state index in [0.717, 1.165) is 32.6 Å². The zero-order valence-electron chi connectivity index (χ0n) is 10.8. The summed E-state index contributed by atoms with van der Waals surface area (Å²) >= 11 is 0. The number of aliphatic hydroxyl groups is 1. The quantitative estimate of drug-likeness (QED) is 0.574. The van der Waals surface area contributed by atoms with Gasteiger partial charge in [0.05, 0.1) is 12.6 Å². The van der Waals surface area contributed by atoms with Crippen LogP contribution in [0.2, 0.25) is 0 Å². The molecule has 7 nitrogen and oxygen atoms in total. The second kappa shape index (κ2) is 7.30. The highest BCUT2D eigenvalue weighted by molar-refractivity contribution is 5.96. The molecule has 0 radical (unpaired) electrons. The van der Waals surface area contributed by atoms with Gasteiger partial charge in [0.2, 0.25) is 5.91 Å². The Balaban J connectivity index is 2.46. The van der Waals surface area contributed by atoms with Gasteiger partial charge in [0.15, 0.2) is 0 Å². The van der Waals surface area contributed by atoms with Crippen molar-refractivity contribution in [1.82, 2.24) is 15.1 Å². The lowest BCUT2D eigenvalue weighted by Crippen LogP contribution is -2.49. The molecule has 1 aliphatic rings. The van der Waals surface area contributed by atoms with Crippen LogP contribution in [0.3, 0.4) is 0 Å². The van der Waals surface area contributed by atoms with Crippen molar-refractivity contribution < 1.29 is 14.7 Å². The summed E-state index contributed by atoms with van der Waals surface area (Å²) in [6.45, 7) is 5.85. The number of imide groups is 1. The van der Waals surface area contributed by atoms with Gasteiger partial charge in [0.1, 0.15) is 0 Å². The summed E-state index contributed by atoms with van der Waals surface area (Å²) < 4.78 is 0. The van der Waals surface area contributed by atoms with Crippen LogP contribution in [0.1, 0.15) is 13.3 Å². The summed E-state index contributed by atoms with van der Waals surface area (Å²) in [6, 6.07) is -1.19. The molecule has 1 heterocycles. The SMILES string of the molecule is CC(C(=O)NC(N)=O)N1CCCN(CCO)CC1. The molecule has 4 N–H and O–H groups in total. The zero-order chi connectivity index (χ0) is 13.5. The number of carbonyl (C=O) groups is 2. The summed E-state index contributed by atoms with van der Waals surface area (Å²) in [5.41, 5.74) is 4.93. The van der Waals surface area contributed by atoms with Crippen LogP contribution in [0.25, 0.3) is 0 Å². The Kier molecular flexibility index (Phi) is 6.03. The van der Waals surface area contributed by atoms with Crippen LogP contribution in [0.5, 0.6) is 0 Å². The second-order valence-electron chi connectivity index (χ2n) is 4.48. The van der Waals surface area contributed by atoms with Gasteiger partial charge in [-0.15, -0.1) is 0 Å². The number of nitrogens with two attached hydrogens (primary N) is 1. The molecule has 0 aromatic rings. The van der Waals surface area contributed by atoms with E-state index in [4.69, 9.17) is 10.8 Å². The predicted molar refractivity (Wildman–Crippen MR) is 66.9 cm³/mol. The fourth-order valence-electron chi connectivity index (χ4n) is 2.13. The van der Waals surface area contributed by atoms with Crippen molar-refractivity contribution in [1.29, 1.82) is 0 Å². The van der Waals surface area contributed by atoms with Gasteiger partial charge in [0.25, 0.3) is 0 Å². The van der Waals surface area contributed by atoms with Crippen molar-refractivity contribution in [2.24, 2.45) is 5.73 Å². The Morgan fingerprint density at radius 3 is 2.67 bits per heavy atom. The van der Waals surface area contributed by atoms with Crippen LogP contribution >= 0.6 is 0 Å². The normalized spacial score (nSPS) is 20.1. The van der Waals surface area contributed by atoms with Crippen LogP contribution in [-0.4, -0.2) is 72.2 Å². The number of aliphatic hydroxyl groups excluding tert-OH is 1. The minimum absolute atomic E-state index is 0.151. The fraction of sp³-hybridized carbons (Fsp3) is 0.818. The average molecular weight is 258 g/mol. The van der Waals surface area contributed by atoms with E-state index in [1.807, 2.05) is 4.90 Å². The lowest BCUT2D eigenvalue weighted by molar-refractivity contribution is -0.124. The lowest BCUT2D eigenvalue weighted by atomic mass is 10.2. The molecule has 0 aromatic heterocycles. The highest BCUT2D eigenvalue weighted by Crippen LogP contribution is 2.07. The van der Waals surface area contributed by atoms with Crippen LogP contribution in [0, 0.1) is 0 Å². The Morgan fingerprint density at radius 1 is 1.33 bits per heavy atom. The van der Waals surface area contributed by atoms with Crippen molar-refractivity contribution in [3.05, 3.63) is 0 Å². The van der Waals surface area contributed by atoms with E-state index in [9.17, 15) is 9.59 Å². The summed E-state index contributed by atoms with van der Waals surface area (Å²) in [6.07, 6.45) is 0.939. The predicted octanol–water partition coefficient (Wildman–Crippen LogP) is -1.43. The molecule has 1 atom stereocenters. The first-order valence-electron chi connectivity index (χ1n) is 6.22. The van der Waals surface area contributed by atoms with Crippen LogP contribution < -0.4 is 11.1 Å². The molecule has 1 saturated heterocycles. The number of β-amino-alcohol motifs (C(OH)–C–C–N with tert-alkyl or cyclic N) is 1. The third kappa shape index (κ3) is 4.59.